The van der Waals surface area contributed by atoms with Gasteiger partial charge in [0.15, 0.2) is 0 Å². The summed E-state index contributed by atoms with van der Waals surface area (Å²) in [6.45, 7) is 13.1. The minimum absolute atomic E-state index is 0.0341. The van der Waals surface area contributed by atoms with E-state index in [1.807, 2.05) is 62.4 Å². The fourth-order valence-electron chi connectivity index (χ4n) is 7.39. The van der Waals surface area contributed by atoms with E-state index >= 15 is 0 Å². The third kappa shape index (κ3) is 8.19. The van der Waals surface area contributed by atoms with Crippen molar-refractivity contribution in [3.05, 3.63) is 61.2 Å². The van der Waals surface area contributed by atoms with Crippen molar-refractivity contribution >= 4 is 45.3 Å². The number of ether oxygens (including phenoxy) is 3. The molecule has 1 aromatic heterocycles. The number of amides is 3. The normalized spacial score (nSPS) is 28.8. The molecule has 3 heterocycles. The molecule has 3 aromatic rings. The summed E-state index contributed by atoms with van der Waals surface area (Å²) >= 11 is 0. The van der Waals surface area contributed by atoms with Gasteiger partial charge < -0.3 is 29.6 Å². The Labute approximate surface area is 332 Å². The first-order valence-corrected chi connectivity index (χ1v) is 20.7. The molecule has 3 fully saturated rings. The van der Waals surface area contributed by atoms with Crippen LogP contribution in [0, 0.1) is 16.7 Å². The van der Waals surface area contributed by atoms with E-state index in [1.54, 1.807) is 25.7 Å². The number of benzene rings is 2. The van der Waals surface area contributed by atoms with Crippen LogP contribution in [0.5, 0.6) is 11.6 Å². The van der Waals surface area contributed by atoms with Gasteiger partial charge in [-0.15, -0.1) is 6.58 Å². The van der Waals surface area contributed by atoms with Gasteiger partial charge in [-0.05, 0) is 48.9 Å². The molecule has 3 amide bonds. The molecule has 1 unspecified atom stereocenters. The van der Waals surface area contributed by atoms with E-state index in [0.717, 1.165) is 0 Å². The van der Waals surface area contributed by atoms with Gasteiger partial charge in [0.05, 0.1) is 28.9 Å². The molecule has 15 nitrogen and oxygen atoms in total. The highest BCUT2D eigenvalue weighted by atomic mass is 32.2. The zero-order valence-electron chi connectivity index (χ0n) is 32.9. The van der Waals surface area contributed by atoms with Crippen LogP contribution in [0.2, 0.25) is 0 Å². The van der Waals surface area contributed by atoms with Gasteiger partial charge in [-0.3, -0.25) is 19.2 Å². The molecule has 2 aromatic carbocycles. The third-order valence-electron chi connectivity index (χ3n) is 11.4. The molecule has 4 aliphatic rings. The van der Waals surface area contributed by atoms with Crippen LogP contribution in [0.3, 0.4) is 0 Å². The number of alkyl carbamates (subject to hydrolysis) is 1. The van der Waals surface area contributed by atoms with Crippen LogP contribution in [-0.4, -0.2) is 102 Å². The van der Waals surface area contributed by atoms with Crippen LogP contribution in [0.4, 0.5) is 4.79 Å². The van der Waals surface area contributed by atoms with Gasteiger partial charge in [-0.2, -0.15) is 0 Å². The lowest BCUT2D eigenvalue weighted by Crippen LogP contribution is -2.66. The summed E-state index contributed by atoms with van der Waals surface area (Å²) in [5, 5.41) is 5.06. The first kappa shape index (κ1) is 40.1. The minimum atomic E-state index is -3.91. The zero-order chi connectivity index (χ0) is 41.0. The Morgan fingerprint density at radius 2 is 1.74 bits per heavy atom. The summed E-state index contributed by atoms with van der Waals surface area (Å²) in [4.78, 5) is 66.5. The summed E-state index contributed by atoms with van der Waals surface area (Å²) in [5.41, 5.74) is -2.30. The molecule has 0 spiro atoms. The molecule has 7 rings (SSSR count). The predicted molar refractivity (Wildman–Crippen MR) is 211 cm³/mol. The lowest BCUT2D eigenvalue weighted by atomic mass is 9.74. The number of rotatable bonds is 7. The van der Waals surface area contributed by atoms with Crippen LogP contribution in [-0.2, 0) is 29.1 Å². The largest absolute Gasteiger partial charge is 0.493 e. The zero-order valence-corrected chi connectivity index (χ0v) is 33.7. The molecule has 16 heteroatoms. The average Bonchev–Trinajstić information content (AvgIpc) is 4.09. The van der Waals surface area contributed by atoms with Crippen LogP contribution in [0.15, 0.2) is 61.2 Å². The molecule has 1 saturated heterocycles. The maximum Gasteiger partial charge on any atom is 0.408 e. The van der Waals surface area contributed by atoms with Crippen LogP contribution < -0.4 is 24.8 Å². The predicted octanol–water partition coefficient (Wildman–Crippen LogP) is 3.92. The summed E-state index contributed by atoms with van der Waals surface area (Å²) in [6, 6.07) is 13.7. The summed E-state index contributed by atoms with van der Waals surface area (Å²) in [7, 11) is -3.91. The maximum atomic E-state index is 14.5. The Kier molecular flexibility index (Phi) is 10.3. The van der Waals surface area contributed by atoms with Crippen LogP contribution >= 0.6 is 0 Å². The highest BCUT2D eigenvalue weighted by molar-refractivity contribution is 7.91. The summed E-state index contributed by atoms with van der Waals surface area (Å²) in [5.74, 6) is -1.16. The number of para-hydroxylation sites is 2. The van der Waals surface area contributed by atoms with Crippen molar-refractivity contribution in [2.45, 2.75) is 88.8 Å². The number of carbonyl (C=O) groups excluding carboxylic acids is 4. The number of cyclic esters (lactones) is 1. The molecule has 304 valence electrons. The average molecular weight is 803 g/mol. The van der Waals surface area contributed by atoms with Crippen molar-refractivity contribution in [3.63, 3.8) is 0 Å². The molecule has 0 radical (unpaired) electrons. The number of sulfonamides is 1. The molecule has 2 aliphatic heterocycles. The van der Waals surface area contributed by atoms with Crippen molar-refractivity contribution in [1.29, 1.82) is 0 Å². The molecular formula is C41H50N6O9S. The van der Waals surface area contributed by atoms with E-state index in [9.17, 15) is 27.6 Å². The van der Waals surface area contributed by atoms with Crippen molar-refractivity contribution in [2.24, 2.45) is 16.7 Å². The van der Waals surface area contributed by atoms with E-state index in [1.165, 1.54) is 6.08 Å². The first-order valence-electron chi connectivity index (χ1n) is 19.2. The second-order valence-electron chi connectivity index (χ2n) is 17.5. The molecule has 2 aliphatic carbocycles. The number of aldehydes is 1. The number of aromatic nitrogens is 2. The number of hydrogen-bond acceptors (Lipinski definition) is 12. The molecule has 3 N–H and O–H groups in total. The Morgan fingerprint density at radius 3 is 2.39 bits per heavy atom. The molecule has 57 heavy (non-hydrogen) atoms. The van der Waals surface area contributed by atoms with Gasteiger partial charge in [-0.1, -0.05) is 65.0 Å². The van der Waals surface area contributed by atoms with E-state index in [-0.39, 0.29) is 45.0 Å². The number of nitrogens with one attached hydrogen (secondary N) is 3. The summed E-state index contributed by atoms with van der Waals surface area (Å²) in [6.07, 6.45) is 1.82. The van der Waals surface area contributed by atoms with Crippen molar-refractivity contribution in [2.75, 3.05) is 26.3 Å². The van der Waals surface area contributed by atoms with Crippen LogP contribution in [0.1, 0.15) is 60.3 Å². The number of hydrogen-bond donors (Lipinski definition) is 3. The van der Waals surface area contributed by atoms with Gasteiger partial charge in [0.1, 0.15) is 41.5 Å². The lowest BCUT2D eigenvalue weighted by molar-refractivity contribution is -0.132. The van der Waals surface area contributed by atoms with Gasteiger partial charge in [0.2, 0.25) is 21.8 Å². The Hall–Kier alpha value is -5.09. The minimum Gasteiger partial charge on any atom is -0.493 e. The Morgan fingerprint density at radius 1 is 1.04 bits per heavy atom. The van der Waals surface area contributed by atoms with Gasteiger partial charge in [0.25, 0.3) is 5.91 Å². The summed E-state index contributed by atoms with van der Waals surface area (Å²) < 4.78 is 46.4. The van der Waals surface area contributed by atoms with E-state index in [2.05, 4.69) is 21.9 Å². The topological polar surface area (TPSA) is 195 Å². The molecule has 6 atom stereocenters. The quantitative estimate of drug-likeness (QED) is 0.231. The highest BCUT2D eigenvalue weighted by Gasteiger charge is 2.62. The fraction of sp³-hybridized carbons (Fsp3) is 0.512. The maximum absolute atomic E-state index is 14.5. The second kappa shape index (κ2) is 14.7. The number of fused-ring (bicyclic) bond motifs is 7. The standard InChI is InChI=1S/C41H50N6O9S/c1-7-26-19-41(26,36(50)46-57(52,53)29-15-16-29)44-34(49)32-18-28-20-47(32)21-40(22-48,38(2,3)4)45-37(51)55-24-39(5,6)23-54-27-12-10-11-25(17-27)33-35(56-28)43-31-14-9-8-13-30(31)42-33/h7-14,17,22,26,28-29,32H,1,15-16,18-21,23-24H2,2-6H3,(H,44,49)(H,45,51)(H,46,50)/t26-,28-,32+,40-,41-/m1/s1. The van der Waals surface area contributed by atoms with Crippen molar-refractivity contribution in [1.82, 2.24) is 30.2 Å². The number of carbonyl (C=O) groups is 4. The van der Waals surface area contributed by atoms with Gasteiger partial charge in [-0.25, -0.2) is 23.2 Å². The Balaban J connectivity index is 1.28. The monoisotopic (exact) mass is 802 g/mol. The van der Waals surface area contributed by atoms with Crippen LogP contribution in [0.25, 0.3) is 22.3 Å². The fourth-order valence-corrected chi connectivity index (χ4v) is 8.75. The first-order chi connectivity index (χ1) is 26.9. The highest BCUT2D eigenvalue weighted by Crippen LogP contribution is 2.46. The van der Waals surface area contributed by atoms with Crippen molar-refractivity contribution < 1.29 is 41.8 Å². The smallest absolute Gasteiger partial charge is 0.408 e. The van der Waals surface area contributed by atoms with E-state index in [4.69, 9.17) is 24.2 Å². The van der Waals surface area contributed by atoms with Crippen molar-refractivity contribution in [3.8, 4) is 22.9 Å². The lowest BCUT2D eigenvalue weighted by Gasteiger charge is -2.44. The number of nitrogens with zero attached hydrogens (tertiary/aromatic N) is 3. The molecule has 4 bridgehead atoms. The molecule has 2 saturated carbocycles. The SMILES string of the molecule is C=C[C@@H]1C[C@]1(NC(=O)[C@@H]1C[C@@H]2CN1C[C@@](C=O)(C(C)(C)C)NC(=O)OCC(C)(C)COc1cccc(c1)-c1nc3ccccc3nc1O2)C(=O)NS(=O)(=O)C1CC1. The van der Waals surface area contributed by atoms with Gasteiger partial charge >= 0.3 is 6.09 Å². The molecular weight excluding hydrogens is 753 g/mol. The third-order valence-corrected chi connectivity index (χ3v) is 13.2. The Bertz CT molecular complexity index is 2220. The second-order valence-corrected chi connectivity index (χ2v) is 19.5. The van der Waals surface area contributed by atoms with E-state index < -0.39 is 73.2 Å². The van der Waals surface area contributed by atoms with E-state index in [0.29, 0.717) is 47.2 Å². The van der Waals surface area contributed by atoms with Gasteiger partial charge in [0, 0.05) is 36.4 Å².